The maximum atomic E-state index is 3.69. The highest BCUT2D eigenvalue weighted by Crippen LogP contribution is 2.26. The van der Waals surface area contributed by atoms with Crippen molar-refractivity contribution in [1.29, 1.82) is 0 Å². The minimum atomic E-state index is 1.10. The highest BCUT2D eigenvalue weighted by molar-refractivity contribution is 5.84. The number of unbranched alkanes of at least 4 members (excludes halogenated alkanes) is 2. The van der Waals surface area contributed by atoms with E-state index in [4.69, 9.17) is 0 Å². The second-order valence-corrected chi connectivity index (χ2v) is 8.33. The summed E-state index contributed by atoms with van der Waals surface area (Å²) in [6, 6.07) is 19.7. The molecule has 0 radical (unpaired) electrons. The number of benzene rings is 2. The number of nitrogens with one attached hydrogen (secondary N) is 1. The molecule has 1 aliphatic heterocycles. The molecule has 4 rings (SSSR count). The molecule has 0 bridgehead atoms. The molecule has 2 nitrogen and oxygen atoms in total. The molecule has 29 heavy (non-hydrogen) atoms. The van der Waals surface area contributed by atoms with Crippen LogP contribution in [-0.4, -0.2) is 29.5 Å². The van der Waals surface area contributed by atoms with Gasteiger partial charge in [-0.25, -0.2) is 0 Å². The fraction of sp³-hybridized carbons (Fsp3) is 0.407. The van der Waals surface area contributed by atoms with Crippen molar-refractivity contribution in [3.05, 3.63) is 77.5 Å². The van der Waals surface area contributed by atoms with E-state index in [9.17, 15) is 0 Å². The SMILES string of the molecule is CCCCc1[nH]c2ccccc2c1CCCCN1CC=C(c2ccccc2)CC1. The molecule has 2 aromatic carbocycles. The minimum Gasteiger partial charge on any atom is -0.358 e. The van der Waals surface area contributed by atoms with Crippen LogP contribution in [0.4, 0.5) is 0 Å². The van der Waals surface area contributed by atoms with E-state index >= 15 is 0 Å². The lowest BCUT2D eigenvalue weighted by Gasteiger charge is -2.26. The Morgan fingerprint density at radius 3 is 2.52 bits per heavy atom. The molecule has 0 saturated heterocycles. The molecule has 1 N–H and O–H groups in total. The Labute approximate surface area is 175 Å². The number of H-pyrrole nitrogens is 1. The maximum absolute atomic E-state index is 3.69. The lowest BCUT2D eigenvalue weighted by molar-refractivity contribution is 0.295. The Morgan fingerprint density at radius 2 is 1.72 bits per heavy atom. The van der Waals surface area contributed by atoms with E-state index in [1.165, 1.54) is 85.8 Å². The summed E-state index contributed by atoms with van der Waals surface area (Å²) < 4.78 is 0. The molecule has 0 amide bonds. The normalized spacial score (nSPS) is 15.0. The number of hydrogen-bond donors (Lipinski definition) is 1. The van der Waals surface area contributed by atoms with Crippen molar-refractivity contribution in [2.75, 3.05) is 19.6 Å². The zero-order valence-corrected chi connectivity index (χ0v) is 17.8. The van der Waals surface area contributed by atoms with E-state index < -0.39 is 0 Å². The van der Waals surface area contributed by atoms with Gasteiger partial charge in [-0.2, -0.15) is 0 Å². The van der Waals surface area contributed by atoms with Gasteiger partial charge in [-0.15, -0.1) is 0 Å². The number of aromatic amines is 1. The molecule has 0 spiro atoms. The number of aryl methyl sites for hydroxylation is 2. The van der Waals surface area contributed by atoms with Crippen LogP contribution in [0.5, 0.6) is 0 Å². The van der Waals surface area contributed by atoms with Crippen LogP contribution in [0, 0.1) is 0 Å². The summed E-state index contributed by atoms with van der Waals surface area (Å²) in [5.74, 6) is 0. The molecule has 0 unspecified atom stereocenters. The van der Waals surface area contributed by atoms with Crippen LogP contribution in [0.25, 0.3) is 16.5 Å². The molecule has 0 saturated carbocycles. The van der Waals surface area contributed by atoms with Crippen LogP contribution in [0.2, 0.25) is 0 Å². The van der Waals surface area contributed by atoms with Crippen LogP contribution in [-0.2, 0) is 12.8 Å². The zero-order valence-electron chi connectivity index (χ0n) is 17.8. The number of fused-ring (bicyclic) bond motifs is 1. The third-order valence-electron chi connectivity index (χ3n) is 6.27. The van der Waals surface area contributed by atoms with Gasteiger partial charge < -0.3 is 4.98 Å². The van der Waals surface area contributed by atoms with Crippen molar-refractivity contribution in [3.63, 3.8) is 0 Å². The first kappa shape index (κ1) is 20.0. The van der Waals surface area contributed by atoms with Gasteiger partial charge in [0.15, 0.2) is 0 Å². The van der Waals surface area contributed by atoms with Gasteiger partial charge in [0.25, 0.3) is 0 Å². The van der Waals surface area contributed by atoms with Crippen LogP contribution in [0.3, 0.4) is 0 Å². The van der Waals surface area contributed by atoms with Crippen molar-refractivity contribution in [2.45, 2.75) is 51.9 Å². The van der Waals surface area contributed by atoms with Crippen LogP contribution >= 0.6 is 0 Å². The van der Waals surface area contributed by atoms with E-state index in [-0.39, 0.29) is 0 Å². The Balaban J connectivity index is 1.29. The van der Waals surface area contributed by atoms with E-state index in [0.717, 1.165) is 6.54 Å². The standard InChI is InChI=1S/C27H34N2/c1-2-3-15-26-25(24-13-7-8-16-27(24)28-26)14-9-10-19-29-20-17-23(18-21-29)22-11-5-4-6-12-22/h4-8,11-13,16-17,28H,2-3,9-10,14-15,18-21H2,1H3. The van der Waals surface area contributed by atoms with Gasteiger partial charge in [0.1, 0.15) is 0 Å². The summed E-state index contributed by atoms with van der Waals surface area (Å²) in [6.45, 7) is 5.78. The van der Waals surface area contributed by atoms with Crippen molar-refractivity contribution < 1.29 is 0 Å². The number of aromatic nitrogens is 1. The average Bonchev–Trinajstić information content (AvgIpc) is 3.14. The van der Waals surface area contributed by atoms with Gasteiger partial charge in [-0.3, -0.25) is 4.90 Å². The second kappa shape index (κ2) is 9.93. The molecule has 2 heterocycles. The van der Waals surface area contributed by atoms with Crippen molar-refractivity contribution in [1.82, 2.24) is 9.88 Å². The largest absolute Gasteiger partial charge is 0.358 e. The van der Waals surface area contributed by atoms with Crippen molar-refractivity contribution >= 4 is 16.5 Å². The monoisotopic (exact) mass is 386 g/mol. The predicted molar refractivity (Wildman–Crippen MR) is 125 cm³/mol. The Bertz CT molecular complexity index is 936. The van der Waals surface area contributed by atoms with E-state index in [2.05, 4.69) is 77.5 Å². The maximum Gasteiger partial charge on any atom is 0.0458 e. The number of rotatable bonds is 9. The third-order valence-corrected chi connectivity index (χ3v) is 6.27. The first-order chi connectivity index (χ1) is 14.3. The topological polar surface area (TPSA) is 19.0 Å². The van der Waals surface area contributed by atoms with Crippen molar-refractivity contribution in [3.8, 4) is 0 Å². The molecule has 2 heteroatoms. The predicted octanol–water partition coefficient (Wildman–Crippen LogP) is 6.62. The molecule has 152 valence electrons. The van der Waals surface area contributed by atoms with E-state index in [0.29, 0.717) is 0 Å². The first-order valence-electron chi connectivity index (χ1n) is 11.4. The van der Waals surface area contributed by atoms with E-state index in [1.807, 2.05) is 0 Å². The molecule has 0 fully saturated rings. The van der Waals surface area contributed by atoms with Gasteiger partial charge in [-0.1, -0.05) is 68.0 Å². The molecule has 0 atom stereocenters. The zero-order chi connectivity index (χ0) is 19.9. The van der Waals surface area contributed by atoms with Gasteiger partial charge in [0.05, 0.1) is 0 Å². The van der Waals surface area contributed by atoms with E-state index in [1.54, 1.807) is 5.56 Å². The summed E-state index contributed by atoms with van der Waals surface area (Å²) in [7, 11) is 0. The Kier molecular flexibility index (Phi) is 6.84. The van der Waals surface area contributed by atoms with Crippen LogP contribution in [0.1, 0.15) is 55.8 Å². The summed E-state index contributed by atoms with van der Waals surface area (Å²) in [4.78, 5) is 6.30. The average molecular weight is 387 g/mol. The molecule has 1 aliphatic rings. The van der Waals surface area contributed by atoms with Gasteiger partial charge in [0.2, 0.25) is 0 Å². The second-order valence-electron chi connectivity index (χ2n) is 8.33. The summed E-state index contributed by atoms with van der Waals surface area (Å²) in [5.41, 5.74) is 7.26. The number of para-hydroxylation sites is 1. The highest BCUT2D eigenvalue weighted by Gasteiger charge is 2.14. The highest BCUT2D eigenvalue weighted by atomic mass is 15.1. The fourth-order valence-corrected chi connectivity index (χ4v) is 4.57. The molecule has 0 aliphatic carbocycles. The lowest BCUT2D eigenvalue weighted by Crippen LogP contribution is -2.29. The quantitative estimate of drug-likeness (QED) is 0.409. The molecule has 3 aromatic rings. The minimum absolute atomic E-state index is 1.10. The van der Waals surface area contributed by atoms with Gasteiger partial charge >= 0.3 is 0 Å². The Hall–Kier alpha value is -2.32. The lowest BCUT2D eigenvalue weighted by atomic mass is 9.99. The molecular formula is C27H34N2. The summed E-state index contributed by atoms with van der Waals surface area (Å²) in [5, 5.41) is 1.44. The van der Waals surface area contributed by atoms with Gasteiger partial charge in [-0.05, 0) is 67.8 Å². The van der Waals surface area contributed by atoms with Crippen molar-refractivity contribution in [2.24, 2.45) is 0 Å². The smallest absolute Gasteiger partial charge is 0.0458 e. The fourth-order valence-electron chi connectivity index (χ4n) is 4.57. The Morgan fingerprint density at radius 1 is 0.897 bits per heavy atom. The van der Waals surface area contributed by atoms with Crippen LogP contribution < -0.4 is 0 Å². The molecule has 1 aromatic heterocycles. The summed E-state index contributed by atoms with van der Waals surface area (Å²) in [6.07, 6.45) is 11.1. The number of nitrogens with zero attached hydrogens (tertiary/aromatic N) is 1. The number of hydrogen-bond acceptors (Lipinski definition) is 1. The third kappa shape index (κ3) is 5.00. The summed E-state index contributed by atoms with van der Waals surface area (Å²) >= 11 is 0. The van der Waals surface area contributed by atoms with Crippen LogP contribution in [0.15, 0.2) is 60.7 Å². The molecular weight excluding hydrogens is 352 g/mol. The van der Waals surface area contributed by atoms with Gasteiger partial charge in [0, 0.05) is 29.7 Å². The first-order valence-corrected chi connectivity index (χ1v) is 11.4.